The second-order valence-electron chi connectivity index (χ2n) is 20.6. The van der Waals surface area contributed by atoms with Gasteiger partial charge in [-0.1, -0.05) is 287 Å². The number of carbonyl (C=O) groups excluding carboxylic acids is 6. The molecule has 0 saturated carbocycles. The molecule has 0 unspecified atom stereocenters. The number of carboxylic acids is 3. The van der Waals surface area contributed by atoms with Crippen molar-refractivity contribution in [1.82, 2.24) is 0 Å². The van der Waals surface area contributed by atoms with E-state index in [2.05, 4.69) is 20.8 Å². The quantitative estimate of drug-likeness (QED) is 0.0295. The second kappa shape index (κ2) is 53.2. The van der Waals surface area contributed by atoms with Crippen molar-refractivity contribution in [3.63, 3.8) is 0 Å². The predicted molar refractivity (Wildman–Crippen MR) is 306 cm³/mol. The molecule has 0 aliphatic heterocycles. The summed E-state index contributed by atoms with van der Waals surface area (Å²) in [6, 6.07) is 18.0. The molecule has 3 aromatic rings. The van der Waals surface area contributed by atoms with Crippen LogP contribution in [-0.4, -0.2) is 55.6 Å². The van der Waals surface area contributed by atoms with E-state index in [9.17, 15) is 44.1 Å². The molecule has 0 saturated heterocycles. The first-order chi connectivity index (χ1) is 38.0. The van der Waals surface area contributed by atoms with Gasteiger partial charge in [-0.2, -0.15) is 0 Å². The Hall–Kier alpha value is -4.17. The molecule has 79 heavy (non-hydrogen) atoms. The summed E-state index contributed by atoms with van der Waals surface area (Å²) in [4.78, 5) is 68.9. The summed E-state index contributed by atoms with van der Waals surface area (Å²) in [7, 11) is 0. The third-order valence-corrected chi connectivity index (χ3v) is 13.8. The number of benzene rings is 3. The standard InChI is InChI=1S/3C22H34O4.Nd/c3*1-2-3-4-5-6-7-8-9-10-11-12-15-18-26-22(25)20-17-14-13-16-19(20)21(23)24;/h3*13-14,16-17H,2-12,15,18H2,1H3,(H,23,24);/q;;;+3/p-3. The van der Waals surface area contributed by atoms with Gasteiger partial charge in [-0.3, -0.25) is 0 Å². The summed E-state index contributed by atoms with van der Waals surface area (Å²) in [6.45, 7) is 7.72. The number of ether oxygens (including phenoxy) is 3. The van der Waals surface area contributed by atoms with E-state index in [1.165, 1.54) is 210 Å². The summed E-state index contributed by atoms with van der Waals surface area (Å²) >= 11 is 0. The average molecular weight is 1230 g/mol. The molecular formula is C66H99NdO12. The van der Waals surface area contributed by atoms with Crippen molar-refractivity contribution < 1.29 is 99.1 Å². The van der Waals surface area contributed by atoms with E-state index in [0.29, 0.717) is 19.8 Å². The summed E-state index contributed by atoms with van der Waals surface area (Å²) in [5.41, 5.74) is -0.170. The van der Waals surface area contributed by atoms with Crippen LogP contribution in [0, 0.1) is 40.8 Å². The van der Waals surface area contributed by atoms with Gasteiger partial charge in [0, 0.05) is 16.7 Å². The van der Waals surface area contributed by atoms with E-state index < -0.39 is 35.8 Å². The second-order valence-corrected chi connectivity index (χ2v) is 20.6. The minimum atomic E-state index is -1.36. The maximum absolute atomic E-state index is 12.0. The monoisotopic (exact) mass is 1230 g/mol. The van der Waals surface area contributed by atoms with E-state index in [-0.39, 0.29) is 74.2 Å². The number of hydrogen-bond acceptors (Lipinski definition) is 12. The maximum atomic E-state index is 12.0. The normalized spacial score (nSPS) is 10.5. The molecule has 0 aromatic heterocycles. The zero-order chi connectivity index (χ0) is 57.1. The van der Waals surface area contributed by atoms with Crippen LogP contribution in [0.4, 0.5) is 0 Å². The van der Waals surface area contributed by atoms with Gasteiger partial charge in [0.05, 0.1) is 54.4 Å². The van der Waals surface area contributed by atoms with Crippen LogP contribution in [0.15, 0.2) is 72.8 Å². The van der Waals surface area contributed by atoms with Crippen LogP contribution in [0.25, 0.3) is 0 Å². The van der Waals surface area contributed by atoms with Crippen molar-refractivity contribution in [2.45, 2.75) is 252 Å². The van der Waals surface area contributed by atoms with Crippen molar-refractivity contribution in [3.05, 3.63) is 106 Å². The average Bonchev–Trinajstić information content (AvgIpc) is 3.45. The third-order valence-electron chi connectivity index (χ3n) is 13.8. The van der Waals surface area contributed by atoms with Crippen molar-refractivity contribution >= 4 is 35.8 Å². The molecule has 0 amide bonds. The van der Waals surface area contributed by atoms with E-state index in [1.807, 2.05) is 0 Å². The van der Waals surface area contributed by atoms with Gasteiger partial charge in [-0.25, -0.2) is 14.4 Å². The predicted octanol–water partition coefficient (Wildman–Crippen LogP) is 14.7. The van der Waals surface area contributed by atoms with E-state index in [0.717, 1.165) is 57.8 Å². The Morgan fingerprint density at radius 3 is 0.582 bits per heavy atom. The molecule has 0 fully saturated rings. The van der Waals surface area contributed by atoms with Crippen molar-refractivity contribution in [3.8, 4) is 0 Å². The van der Waals surface area contributed by atoms with E-state index in [1.54, 1.807) is 36.4 Å². The van der Waals surface area contributed by atoms with Gasteiger partial charge in [0.25, 0.3) is 0 Å². The van der Waals surface area contributed by atoms with Gasteiger partial charge < -0.3 is 43.9 Å². The fraction of sp³-hybridized carbons (Fsp3) is 0.636. The van der Waals surface area contributed by atoms with Gasteiger partial charge in [-0.05, 0) is 37.5 Å². The Kier molecular flexibility index (Phi) is 50.4. The first kappa shape index (κ1) is 74.8. The molecule has 0 aliphatic rings. The molecule has 12 nitrogen and oxygen atoms in total. The maximum Gasteiger partial charge on any atom is 3.00 e. The van der Waals surface area contributed by atoms with Gasteiger partial charge in [-0.15, -0.1) is 0 Å². The molecule has 0 bridgehead atoms. The molecule has 0 atom stereocenters. The van der Waals surface area contributed by atoms with Crippen molar-refractivity contribution in [1.29, 1.82) is 0 Å². The number of unbranched alkanes of at least 4 members (excludes halogenated alkanes) is 33. The summed E-state index contributed by atoms with van der Waals surface area (Å²) in [5.74, 6) is -5.85. The molecular weight excluding hydrogens is 1130 g/mol. The van der Waals surface area contributed by atoms with Crippen LogP contribution in [0.2, 0.25) is 0 Å². The van der Waals surface area contributed by atoms with Crippen LogP contribution in [0.5, 0.6) is 0 Å². The van der Waals surface area contributed by atoms with E-state index in [4.69, 9.17) is 14.2 Å². The number of carboxylic acid groups (broad SMARTS) is 3. The van der Waals surface area contributed by atoms with Gasteiger partial charge >= 0.3 is 58.7 Å². The Labute approximate surface area is 509 Å². The topological polar surface area (TPSA) is 199 Å². The third kappa shape index (κ3) is 39.8. The number of esters is 3. The first-order valence-electron chi connectivity index (χ1n) is 30.4. The smallest absolute Gasteiger partial charge is 0.545 e. The van der Waals surface area contributed by atoms with Crippen LogP contribution < -0.4 is 15.3 Å². The summed E-state index contributed by atoms with van der Waals surface area (Å²) in [6.07, 6.45) is 44.9. The van der Waals surface area contributed by atoms with Crippen molar-refractivity contribution in [2.24, 2.45) is 0 Å². The molecule has 0 heterocycles. The SMILES string of the molecule is CCCCCCCCCCCCCCOC(=O)c1ccccc1C(=O)[O-].CCCCCCCCCCCCCCOC(=O)c1ccccc1C(=O)[O-].CCCCCCCCCCCCCCOC(=O)c1ccccc1C(=O)[O-].[Nd+3]. The van der Waals surface area contributed by atoms with E-state index >= 15 is 0 Å². The van der Waals surface area contributed by atoms with Crippen LogP contribution in [0.1, 0.15) is 314 Å². The summed E-state index contributed by atoms with van der Waals surface area (Å²) in [5, 5.41) is 33.0. The van der Waals surface area contributed by atoms with Crippen LogP contribution in [0.3, 0.4) is 0 Å². The number of carbonyl (C=O) groups is 6. The molecule has 3 aromatic carbocycles. The zero-order valence-electron chi connectivity index (χ0n) is 48.9. The van der Waals surface area contributed by atoms with Gasteiger partial charge in [0.2, 0.25) is 0 Å². The largest absolute Gasteiger partial charge is 3.00 e. The molecule has 13 heteroatoms. The molecule has 1 radical (unpaired) electrons. The molecule has 0 aliphatic carbocycles. The van der Waals surface area contributed by atoms with Gasteiger partial charge in [0.1, 0.15) is 0 Å². The Balaban J connectivity index is 0.00000115. The van der Waals surface area contributed by atoms with Crippen LogP contribution in [-0.2, 0) is 14.2 Å². The zero-order valence-corrected chi connectivity index (χ0v) is 52.1. The molecule has 3 rings (SSSR count). The Morgan fingerprint density at radius 2 is 0.418 bits per heavy atom. The molecule has 439 valence electrons. The van der Waals surface area contributed by atoms with Crippen molar-refractivity contribution in [2.75, 3.05) is 19.8 Å². The fourth-order valence-electron chi connectivity index (χ4n) is 9.07. The molecule has 0 N–H and O–H groups in total. The fourth-order valence-corrected chi connectivity index (χ4v) is 9.07. The Morgan fingerprint density at radius 1 is 0.266 bits per heavy atom. The minimum absolute atomic E-state index is 0. The van der Waals surface area contributed by atoms with Gasteiger partial charge in [0.15, 0.2) is 0 Å². The number of aromatic carboxylic acids is 3. The van der Waals surface area contributed by atoms with Crippen LogP contribution >= 0.6 is 0 Å². The first-order valence-corrected chi connectivity index (χ1v) is 30.4. The summed E-state index contributed by atoms with van der Waals surface area (Å²) < 4.78 is 15.5. The number of hydrogen-bond donors (Lipinski definition) is 0. The Bertz CT molecular complexity index is 1810. The number of rotatable bonds is 45. The molecule has 0 spiro atoms. The minimum Gasteiger partial charge on any atom is -0.545 e.